The quantitative estimate of drug-likeness (QED) is 0.841. The first-order valence-corrected chi connectivity index (χ1v) is 7.41. The maximum absolute atomic E-state index is 4.16. The molecule has 0 unspecified atom stereocenters. The summed E-state index contributed by atoms with van der Waals surface area (Å²) >= 11 is 0. The number of nitrogens with one attached hydrogen (secondary N) is 1. The Labute approximate surface area is 116 Å². The van der Waals surface area contributed by atoms with Gasteiger partial charge in [-0.05, 0) is 50.9 Å². The standard InChI is InChI=1S/C14H27N5/c1-12(2)8-15-9-13-4-6-19(7-5-13)11-14-10-18(3)17-16-14/h10,12-13,15H,4-9,11H2,1-3H3. The summed E-state index contributed by atoms with van der Waals surface area (Å²) in [5.41, 5.74) is 1.08. The Hall–Kier alpha value is -0.940. The fraction of sp³-hybridized carbons (Fsp3) is 0.857. The van der Waals surface area contributed by atoms with Gasteiger partial charge in [-0.2, -0.15) is 0 Å². The SMILES string of the molecule is CC(C)CNCC1CCN(Cc2cn(C)nn2)CC1. The van der Waals surface area contributed by atoms with Crippen LogP contribution < -0.4 is 5.32 Å². The summed E-state index contributed by atoms with van der Waals surface area (Å²) in [5, 5.41) is 11.7. The molecule has 0 amide bonds. The molecular formula is C14H27N5. The van der Waals surface area contributed by atoms with Crippen molar-refractivity contribution in [1.29, 1.82) is 0 Å². The molecule has 0 saturated carbocycles. The number of nitrogens with zero attached hydrogens (tertiary/aromatic N) is 4. The van der Waals surface area contributed by atoms with Gasteiger partial charge in [-0.3, -0.25) is 9.58 Å². The third kappa shape index (κ3) is 4.91. The largest absolute Gasteiger partial charge is 0.316 e. The van der Waals surface area contributed by atoms with Gasteiger partial charge < -0.3 is 5.32 Å². The van der Waals surface area contributed by atoms with Gasteiger partial charge in [0, 0.05) is 19.8 Å². The van der Waals surface area contributed by atoms with Crippen LogP contribution in [0.5, 0.6) is 0 Å². The van der Waals surface area contributed by atoms with Crippen molar-refractivity contribution < 1.29 is 0 Å². The van der Waals surface area contributed by atoms with E-state index in [0.29, 0.717) is 0 Å². The van der Waals surface area contributed by atoms with Gasteiger partial charge in [0.25, 0.3) is 0 Å². The van der Waals surface area contributed by atoms with Gasteiger partial charge in [0.1, 0.15) is 0 Å². The molecular weight excluding hydrogens is 238 g/mol. The highest BCUT2D eigenvalue weighted by Gasteiger charge is 2.19. The van der Waals surface area contributed by atoms with E-state index >= 15 is 0 Å². The molecule has 2 rings (SSSR count). The zero-order valence-corrected chi connectivity index (χ0v) is 12.5. The molecule has 1 saturated heterocycles. The molecule has 0 atom stereocenters. The molecule has 0 bridgehead atoms. The number of hydrogen-bond donors (Lipinski definition) is 1. The Morgan fingerprint density at radius 1 is 1.37 bits per heavy atom. The maximum atomic E-state index is 4.16. The van der Waals surface area contributed by atoms with E-state index in [4.69, 9.17) is 0 Å². The molecule has 5 heteroatoms. The molecule has 0 aromatic carbocycles. The molecule has 1 aromatic rings. The summed E-state index contributed by atoms with van der Waals surface area (Å²) in [4.78, 5) is 2.49. The Kier molecular flexibility index (Phi) is 5.34. The highest BCUT2D eigenvalue weighted by atomic mass is 15.4. The van der Waals surface area contributed by atoms with Crippen LogP contribution >= 0.6 is 0 Å². The molecule has 0 spiro atoms. The first-order chi connectivity index (χ1) is 9.13. The number of aromatic nitrogens is 3. The third-order valence-corrected chi connectivity index (χ3v) is 3.73. The zero-order chi connectivity index (χ0) is 13.7. The Morgan fingerprint density at radius 2 is 2.11 bits per heavy atom. The van der Waals surface area contributed by atoms with E-state index in [1.54, 1.807) is 4.68 Å². The average molecular weight is 265 g/mol. The summed E-state index contributed by atoms with van der Waals surface area (Å²) in [6.07, 6.45) is 4.60. The van der Waals surface area contributed by atoms with Crippen molar-refractivity contribution in [2.75, 3.05) is 26.2 Å². The summed E-state index contributed by atoms with van der Waals surface area (Å²) in [6.45, 7) is 10.2. The second-order valence-corrected chi connectivity index (χ2v) is 6.16. The van der Waals surface area contributed by atoms with E-state index in [1.165, 1.54) is 32.5 Å². The van der Waals surface area contributed by atoms with Crippen LogP contribution in [0.2, 0.25) is 0 Å². The van der Waals surface area contributed by atoms with Crippen molar-refractivity contribution in [2.45, 2.75) is 33.2 Å². The van der Waals surface area contributed by atoms with Crippen LogP contribution in [0, 0.1) is 11.8 Å². The van der Waals surface area contributed by atoms with E-state index < -0.39 is 0 Å². The second-order valence-electron chi connectivity index (χ2n) is 6.16. The van der Waals surface area contributed by atoms with Gasteiger partial charge in [0.2, 0.25) is 0 Å². The van der Waals surface area contributed by atoms with Gasteiger partial charge in [0.05, 0.1) is 5.69 Å². The molecule has 1 aliphatic heterocycles. The predicted octanol–water partition coefficient (Wildman–Crippen LogP) is 1.27. The molecule has 0 aliphatic carbocycles. The van der Waals surface area contributed by atoms with Crippen molar-refractivity contribution in [1.82, 2.24) is 25.2 Å². The average Bonchev–Trinajstić information content (AvgIpc) is 2.77. The van der Waals surface area contributed by atoms with Crippen molar-refractivity contribution in [3.8, 4) is 0 Å². The topological polar surface area (TPSA) is 46.0 Å². The molecule has 2 heterocycles. The predicted molar refractivity (Wildman–Crippen MR) is 76.7 cm³/mol. The molecule has 1 aliphatic rings. The lowest BCUT2D eigenvalue weighted by molar-refractivity contribution is 0.173. The number of hydrogen-bond acceptors (Lipinski definition) is 4. The number of likely N-dealkylation sites (tertiary alicyclic amines) is 1. The van der Waals surface area contributed by atoms with Crippen molar-refractivity contribution in [3.63, 3.8) is 0 Å². The Balaban J connectivity index is 1.65. The van der Waals surface area contributed by atoms with E-state index in [-0.39, 0.29) is 0 Å². The smallest absolute Gasteiger partial charge is 0.0966 e. The van der Waals surface area contributed by atoms with Crippen LogP contribution in [0.4, 0.5) is 0 Å². The molecule has 1 aromatic heterocycles. The van der Waals surface area contributed by atoms with Gasteiger partial charge >= 0.3 is 0 Å². The molecule has 5 nitrogen and oxygen atoms in total. The summed E-state index contributed by atoms with van der Waals surface area (Å²) in [7, 11) is 1.92. The van der Waals surface area contributed by atoms with Crippen LogP contribution in [0.1, 0.15) is 32.4 Å². The molecule has 108 valence electrons. The highest BCUT2D eigenvalue weighted by molar-refractivity contribution is 4.92. The summed E-state index contributed by atoms with van der Waals surface area (Å²) in [6, 6.07) is 0. The maximum Gasteiger partial charge on any atom is 0.0966 e. The van der Waals surface area contributed by atoms with Crippen LogP contribution in [0.3, 0.4) is 0 Å². The number of rotatable bonds is 6. The highest BCUT2D eigenvalue weighted by Crippen LogP contribution is 2.17. The number of aryl methyl sites for hydroxylation is 1. The van der Waals surface area contributed by atoms with Crippen molar-refractivity contribution in [2.24, 2.45) is 18.9 Å². The second kappa shape index (κ2) is 7.01. The molecule has 19 heavy (non-hydrogen) atoms. The van der Waals surface area contributed by atoms with Crippen molar-refractivity contribution >= 4 is 0 Å². The van der Waals surface area contributed by atoms with E-state index in [9.17, 15) is 0 Å². The van der Waals surface area contributed by atoms with Gasteiger partial charge in [0.15, 0.2) is 0 Å². The van der Waals surface area contributed by atoms with Gasteiger partial charge in [-0.25, -0.2) is 0 Å². The minimum Gasteiger partial charge on any atom is -0.316 e. The van der Waals surface area contributed by atoms with Crippen LogP contribution in [-0.2, 0) is 13.6 Å². The lowest BCUT2D eigenvalue weighted by Crippen LogP contribution is -2.37. The molecule has 1 fully saturated rings. The number of piperidine rings is 1. The van der Waals surface area contributed by atoms with Gasteiger partial charge in [-0.15, -0.1) is 5.10 Å². The molecule has 0 radical (unpaired) electrons. The summed E-state index contributed by atoms with van der Waals surface area (Å²) in [5.74, 6) is 1.59. The Morgan fingerprint density at radius 3 is 2.68 bits per heavy atom. The first-order valence-electron chi connectivity index (χ1n) is 7.41. The third-order valence-electron chi connectivity index (χ3n) is 3.73. The van der Waals surface area contributed by atoms with E-state index in [1.807, 2.05) is 13.2 Å². The fourth-order valence-corrected chi connectivity index (χ4v) is 2.62. The van der Waals surface area contributed by atoms with Gasteiger partial charge in [-0.1, -0.05) is 19.1 Å². The van der Waals surface area contributed by atoms with Crippen LogP contribution in [0.25, 0.3) is 0 Å². The molecule has 1 N–H and O–H groups in total. The van der Waals surface area contributed by atoms with Crippen LogP contribution in [0.15, 0.2) is 6.20 Å². The van der Waals surface area contributed by atoms with E-state index in [0.717, 1.165) is 30.6 Å². The monoisotopic (exact) mass is 265 g/mol. The zero-order valence-electron chi connectivity index (χ0n) is 12.5. The van der Waals surface area contributed by atoms with Crippen molar-refractivity contribution in [3.05, 3.63) is 11.9 Å². The lowest BCUT2D eigenvalue weighted by atomic mass is 9.96. The fourth-order valence-electron chi connectivity index (χ4n) is 2.62. The summed E-state index contributed by atoms with van der Waals surface area (Å²) < 4.78 is 1.78. The minimum absolute atomic E-state index is 0.747. The lowest BCUT2D eigenvalue weighted by Gasteiger charge is -2.31. The first kappa shape index (κ1) is 14.5. The van der Waals surface area contributed by atoms with Crippen LogP contribution in [-0.4, -0.2) is 46.1 Å². The normalized spacial score (nSPS) is 18.3. The Bertz CT molecular complexity index is 366. The van der Waals surface area contributed by atoms with E-state index in [2.05, 4.69) is 34.4 Å². The minimum atomic E-state index is 0.747.